The Hall–Kier alpha value is -7.21. The monoisotopic (exact) mass is 739 g/mol. The van der Waals surface area contributed by atoms with Gasteiger partial charge in [-0.2, -0.15) is 0 Å². The molecule has 0 amide bonds. The summed E-state index contributed by atoms with van der Waals surface area (Å²) in [6.45, 7) is 0. The summed E-state index contributed by atoms with van der Waals surface area (Å²) in [7, 11) is 0. The van der Waals surface area contributed by atoms with E-state index in [0.29, 0.717) is 28.7 Å². The standard InChI is InChI=1S/C51H32N4S/c1-2-14-33(15-3-1)34-28-30-35(31-29-34)49-52-50(37-17-12-16-36(32-37)38-22-13-23-42-41-20-7-11-27-47(41)56-48(38)42)54-51(53-49)43-21-6-10-26-46(43)55-44-24-8-4-18-39(44)40-19-5-9-25-45(40)55/h1-32H/i4D,5D,8D,18D,19D,24D,25D. The van der Waals surface area contributed by atoms with Gasteiger partial charge in [0.25, 0.3) is 0 Å². The lowest BCUT2D eigenvalue weighted by Crippen LogP contribution is -2.03. The van der Waals surface area contributed by atoms with Crippen LogP contribution in [0.5, 0.6) is 0 Å². The number of aromatic nitrogens is 4. The van der Waals surface area contributed by atoms with E-state index in [4.69, 9.17) is 24.5 Å². The molecule has 0 fully saturated rings. The predicted molar refractivity (Wildman–Crippen MR) is 234 cm³/mol. The van der Waals surface area contributed by atoms with Crippen LogP contribution < -0.4 is 0 Å². The quantitative estimate of drug-likeness (QED) is 0.171. The van der Waals surface area contributed by atoms with E-state index in [0.717, 1.165) is 33.4 Å². The molecular formula is C51H32N4S. The maximum absolute atomic E-state index is 9.14. The van der Waals surface area contributed by atoms with Crippen molar-refractivity contribution in [3.8, 4) is 62.1 Å². The summed E-state index contributed by atoms with van der Waals surface area (Å²) in [4.78, 5) is 15.4. The zero-order valence-corrected chi connectivity index (χ0v) is 30.4. The third-order valence-electron chi connectivity index (χ3n) is 10.2. The second-order valence-electron chi connectivity index (χ2n) is 13.5. The van der Waals surface area contributed by atoms with Crippen LogP contribution in [0.1, 0.15) is 9.60 Å². The molecule has 5 heteroatoms. The smallest absolute Gasteiger partial charge is 0.166 e. The summed E-state index contributed by atoms with van der Waals surface area (Å²) < 4.78 is 65.9. The molecule has 3 heterocycles. The van der Waals surface area contributed by atoms with E-state index in [1.165, 1.54) is 26.2 Å². The van der Waals surface area contributed by atoms with Gasteiger partial charge in [0, 0.05) is 47.6 Å². The van der Waals surface area contributed by atoms with E-state index < -0.39 is 12.1 Å². The van der Waals surface area contributed by atoms with Crippen molar-refractivity contribution in [2.45, 2.75) is 0 Å². The summed E-state index contributed by atoms with van der Waals surface area (Å²) in [6, 6.07) is 47.5. The van der Waals surface area contributed by atoms with E-state index in [-0.39, 0.29) is 52.0 Å². The second kappa shape index (κ2) is 13.3. The number of rotatable bonds is 6. The summed E-state index contributed by atoms with van der Waals surface area (Å²) >= 11 is 1.77. The molecule has 0 N–H and O–H groups in total. The van der Waals surface area contributed by atoms with Crippen molar-refractivity contribution in [1.82, 2.24) is 19.5 Å². The molecule has 0 saturated heterocycles. The molecule has 0 saturated carbocycles. The fourth-order valence-electron chi connectivity index (χ4n) is 7.56. The molecule has 262 valence electrons. The summed E-state index contributed by atoms with van der Waals surface area (Å²) in [6.07, 6.45) is 0. The number of benzene rings is 8. The molecule has 0 atom stereocenters. The van der Waals surface area contributed by atoms with Crippen LogP contribution in [0.3, 0.4) is 0 Å². The van der Waals surface area contributed by atoms with Crippen LogP contribution in [0.2, 0.25) is 0 Å². The number of thiophene rings is 1. The topological polar surface area (TPSA) is 43.6 Å². The first-order chi connectivity index (χ1) is 30.7. The molecule has 0 bridgehead atoms. The van der Waals surface area contributed by atoms with Gasteiger partial charge in [-0.25, -0.2) is 15.0 Å². The molecule has 0 aliphatic carbocycles. The second-order valence-corrected chi connectivity index (χ2v) is 14.5. The van der Waals surface area contributed by atoms with Gasteiger partial charge in [-0.1, -0.05) is 158 Å². The maximum Gasteiger partial charge on any atom is 0.166 e. The molecule has 11 rings (SSSR count). The van der Waals surface area contributed by atoms with Crippen molar-refractivity contribution in [3.05, 3.63) is 194 Å². The molecule has 0 unspecified atom stereocenters. The lowest BCUT2D eigenvalue weighted by Gasteiger charge is -2.15. The number of hydrogen-bond acceptors (Lipinski definition) is 4. The lowest BCUT2D eigenvalue weighted by molar-refractivity contribution is 1.06. The van der Waals surface area contributed by atoms with Gasteiger partial charge in [0.15, 0.2) is 17.5 Å². The zero-order valence-electron chi connectivity index (χ0n) is 36.6. The van der Waals surface area contributed by atoms with Crippen LogP contribution in [0, 0.1) is 0 Å². The Morgan fingerprint density at radius 1 is 0.411 bits per heavy atom. The van der Waals surface area contributed by atoms with E-state index in [1.54, 1.807) is 28.0 Å². The predicted octanol–water partition coefficient (Wildman–Crippen LogP) is 13.7. The highest BCUT2D eigenvalue weighted by Gasteiger charge is 2.20. The van der Waals surface area contributed by atoms with Crippen molar-refractivity contribution >= 4 is 53.3 Å². The Morgan fingerprint density at radius 3 is 1.91 bits per heavy atom. The number of nitrogens with zero attached hydrogens (tertiary/aromatic N) is 4. The third kappa shape index (κ3) is 5.40. The van der Waals surface area contributed by atoms with Gasteiger partial charge in [-0.15, -0.1) is 11.3 Å². The molecular weight excluding hydrogens is 701 g/mol. The van der Waals surface area contributed by atoms with E-state index >= 15 is 0 Å². The van der Waals surface area contributed by atoms with E-state index in [9.17, 15) is 0 Å². The van der Waals surface area contributed by atoms with Crippen LogP contribution in [0.15, 0.2) is 194 Å². The molecule has 0 aliphatic rings. The SMILES string of the molecule is [2H]c1cc([2H])c2c(c1[2H])c1c([2H])c([2H])c([2H])c([2H])c1n2-c1ccccc1-c1nc(-c2ccc(-c3ccccc3)cc2)nc(-c2cccc(-c3cccc4c3sc3ccccc34)c2)n1. The molecule has 0 spiro atoms. The molecule has 4 nitrogen and oxygen atoms in total. The number of fused-ring (bicyclic) bond motifs is 6. The molecule has 3 aromatic heterocycles. The van der Waals surface area contributed by atoms with Gasteiger partial charge in [0.05, 0.1) is 26.3 Å². The maximum atomic E-state index is 9.14. The zero-order chi connectivity index (χ0) is 43.1. The summed E-state index contributed by atoms with van der Waals surface area (Å²) in [5.41, 5.74) is 6.93. The van der Waals surface area contributed by atoms with Gasteiger partial charge in [0.2, 0.25) is 0 Å². The van der Waals surface area contributed by atoms with Crippen molar-refractivity contribution in [2.24, 2.45) is 0 Å². The van der Waals surface area contributed by atoms with Crippen molar-refractivity contribution in [2.75, 3.05) is 0 Å². The molecule has 0 aliphatic heterocycles. The third-order valence-corrected chi connectivity index (χ3v) is 11.4. The Balaban J connectivity index is 1.15. The van der Waals surface area contributed by atoms with Crippen molar-refractivity contribution in [3.63, 3.8) is 0 Å². The summed E-state index contributed by atoms with van der Waals surface area (Å²) in [5, 5.41) is 2.58. The highest BCUT2D eigenvalue weighted by Crippen LogP contribution is 2.41. The largest absolute Gasteiger partial charge is 0.309 e. The fourth-order valence-corrected chi connectivity index (χ4v) is 8.80. The van der Waals surface area contributed by atoms with E-state index in [2.05, 4.69) is 66.7 Å². The van der Waals surface area contributed by atoms with Crippen LogP contribution in [0.4, 0.5) is 0 Å². The van der Waals surface area contributed by atoms with E-state index in [1.807, 2.05) is 66.7 Å². The first kappa shape index (κ1) is 25.7. The Labute approximate surface area is 337 Å². The van der Waals surface area contributed by atoms with Gasteiger partial charge < -0.3 is 4.57 Å². The lowest BCUT2D eigenvalue weighted by atomic mass is 10.0. The average molecular weight is 740 g/mol. The minimum absolute atomic E-state index is 0.0689. The highest BCUT2D eigenvalue weighted by atomic mass is 32.1. The van der Waals surface area contributed by atoms with Crippen LogP contribution in [0.25, 0.3) is 104 Å². The molecule has 8 aromatic carbocycles. The van der Waals surface area contributed by atoms with Gasteiger partial charge in [-0.05, 0) is 58.6 Å². The first-order valence-electron chi connectivity index (χ1n) is 21.7. The van der Waals surface area contributed by atoms with Crippen LogP contribution in [-0.2, 0) is 0 Å². The van der Waals surface area contributed by atoms with Gasteiger partial charge >= 0.3 is 0 Å². The van der Waals surface area contributed by atoms with Gasteiger partial charge in [-0.3, -0.25) is 0 Å². The fraction of sp³-hybridized carbons (Fsp3) is 0. The summed E-state index contributed by atoms with van der Waals surface area (Å²) in [5.74, 6) is 1.12. The van der Waals surface area contributed by atoms with Crippen LogP contribution >= 0.6 is 11.3 Å². The highest BCUT2D eigenvalue weighted by molar-refractivity contribution is 7.26. The molecule has 56 heavy (non-hydrogen) atoms. The average Bonchev–Trinajstić information content (AvgIpc) is 3.90. The number of hydrogen-bond donors (Lipinski definition) is 0. The Bertz CT molecular complexity index is 3660. The van der Waals surface area contributed by atoms with Crippen LogP contribution in [-0.4, -0.2) is 19.5 Å². The molecule has 0 radical (unpaired) electrons. The Morgan fingerprint density at radius 2 is 1.02 bits per heavy atom. The normalized spacial score (nSPS) is 13.3. The van der Waals surface area contributed by atoms with Crippen molar-refractivity contribution in [1.29, 1.82) is 0 Å². The van der Waals surface area contributed by atoms with Gasteiger partial charge in [0.1, 0.15) is 0 Å². The molecule has 11 aromatic rings. The Kier molecular flexibility index (Phi) is 6.10. The minimum atomic E-state index is -0.461. The minimum Gasteiger partial charge on any atom is -0.309 e. The first-order valence-corrected chi connectivity index (χ1v) is 19.0. The number of para-hydroxylation sites is 3. The van der Waals surface area contributed by atoms with Crippen molar-refractivity contribution < 1.29 is 9.60 Å².